The third kappa shape index (κ3) is 4.54. The van der Waals surface area contributed by atoms with Gasteiger partial charge in [0.2, 0.25) is 11.8 Å². The summed E-state index contributed by atoms with van der Waals surface area (Å²) in [4.78, 5) is 40.0. The molecule has 1 fully saturated rings. The maximum absolute atomic E-state index is 13.0. The third-order valence-electron chi connectivity index (χ3n) is 5.66. The molecule has 6 heteroatoms. The van der Waals surface area contributed by atoms with Crippen LogP contribution in [-0.2, 0) is 9.59 Å². The lowest BCUT2D eigenvalue weighted by Crippen LogP contribution is -2.28. The van der Waals surface area contributed by atoms with Crippen molar-refractivity contribution < 1.29 is 14.4 Å². The summed E-state index contributed by atoms with van der Waals surface area (Å²) in [5, 5.41) is 5.75. The van der Waals surface area contributed by atoms with Crippen LogP contribution in [0.25, 0.3) is 0 Å². The van der Waals surface area contributed by atoms with Gasteiger partial charge in [0, 0.05) is 24.3 Å². The number of anilines is 3. The Balaban J connectivity index is 1.47. The molecular formula is C26H25N3O3. The van der Waals surface area contributed by atoms with E-state index in [9.17, 15) is 14.4 Å². The van der Waals surface area contributed by atoms with E-state index in [0.717, 1.165) is 16.8 Å². The summed E-state index contributed by atoms with van der Waals surface area (Å²) < 4.78 is 0. The zero-order chi connectivity index (χ0) is 22.7. The van der Waals surface area contributed by atoms with Crippen molar-refractivity contribution >= 4 is 34.8 Å². The van der Waals surface area contributed by atoms with Gasteiger partial charge >= 0.3 is 0 Å². The molecule has 0 saturated carbocycles. The first-order valence-electron chi connectivity index (χ1n) is 10.6. The van der Waals surface area contributed by atoms with E-state index < -0.39 is 5.92 Å². The predicted octanol–water partition coefficient (Wildman–Crippen LogP) is 4.55. The summed E-state index contributed by atoms with van der Waals surface area (Å²) in [6, 6.07) is 22.0. The van der Waals surface area contributed by atoms with E-state index in [1.165, 1.54) is 0 Å². The number of nitrogens with zero attached hydrogens (tertiary/aromatic N) is 1. The monoisotopic (exact) mass is 427 g/mol. The van der Waals surface area contributed by atoms with Crippen molar-refractivity contribution in [3.8, 4) is 0 Å². The first-order chi connectivity index (χ1) is 15.4. The fraction of sp³-hybridized carbons (Fsp3) is 0.192. The molecule has 4 rings (SSSR count). The van der Waals surface area contributed by atoms with Crippen molar-refractivity contribution in [3.05, 3.63) is 89.5 Å². The van der Waals surface area contributed by atoms with Crippen LogP contribution in [0.4, 0.5) is 17.1 Å². The maximum atomic E-state index is 13.0. The van der Waals surface area contributed by atoms with Gasteiger partial charge in [-0.25, -0.2) is 0 Å². The molecule has 6 nitrogen and oxygen atoms in total. The Morgan fingerprint density at radius 3 is 2.22 bits per heavy atom. The van der Waals surface area contributed by atoms with Gasteiger partial charge in [0.25, 0.3) is 5.91 Å². The van der Waals surface area contributed by atoms with Crippen molar-refractivity contribution in [1.82, 2.24) is 0 Å². The highest BCUT2D eigenvalue weighted by molar-refractivity contribution is 6.11. The summed E-state index contributed by atoms with van der Waals surface area (Å²) in [5.74, 6) is -1.15. The Labute approximate surface area is 187 Å². The second kappa shape index (κ2) is 9.06. The number of benzene rings is 3. The van der Waals surface area contributed by atoms with Crippen LogP contribution in [-0.4, -0.2) is 24.3 Å². The molecule has 3 aromatic rings. The van der Waals surface area contributed by atoms with Crippen LogP contribution in [0.3, 0.4) is 0 Å². The number of carbonyl (C=O) groups is 3. The maximum Gasteiger partial charge on any atom is 0.257 e. The molecular weight excluding hydrogens is 402 g/mol. The molecule has 0 aliphatic carbocycles. The second-order valence-corrected chi connectivity index (χ2v) is 8.04. The molecule has 1 unspecified atom stereocenters. The Morgan fingerprint density at radius 1 is 0.844 bits per heavy atom. The number of hydrogen-bond acceptors (Lipinski definition) is 3. The minimum atomic E-state index is -0.490. The molecule has 1 atom stereocenters. The normalized spacial score (nSPS) is 15.5. The highest BCUT2D eigenvalue weighted by atomic mass is 16.2. The number of carbonyl (C=O) groups excluding carboxylic acids is 3. The zero-order valence-electron chi connectivity index (χ0n) is 18.1. The SMILES string of the molecule is Cc1ccc(N2CC(C(=O)Nc3ccccc3C(=O)Nc3ccccc3C)CC2=O)cc1. The van der Waals surface area contributed by atoms with Crippen LogP contribution in [0.5, 0.6) is 0 Å². The van der Waals surface area contributed by atoms with Gasteiger partial charge in [-0.3, -0.25) is 14.4 Å². The van der Waals surface area contributed by atoms with Crippen LogP contribution in [0.2, 0.25) is 0 Å². The molecule has 32 heavy (non-hydrogen) atoms. The highest BCUT2D eigenvalue weighted by Crippen LogP contribution is 2.27. The Hall–Kier alpha value is -3.93. The van der Waals surface area contributed by atoms with E-state index in [1.807, 2.05) is 62.4 Å². The highest BCUT2D eigenvalue weighted by Gasteiger charge is 2.35. The van der Waals surface area contributed by atoms with Gasteiger partial charge in [-0.05, 0) is 49.7 Å². The van der Waals surface area contributed by atoms with Gasteiger partial charge in [0.15, 0.2) is 0 Å². The number of para-hydroxylation sites is 2. The molecule has 1 saturated heterocycles. The molecule has 0 aromatic heterocycles. The van der Waals surface area contributed by atoms with E-state index in [4.69, 9.17) is 0 Å². The topological polar surface area (TPSA) is 78.5 Å². The van der Waals surface area contributed by atoms with Crippen LogP contribution < -0.4 is 15.5 Å². The van der Waals surface area contributed by atoms with Gasteiger partial charge in [-0.15, -0.1) is 0 Å². The quantitative estimate of drug-likeness (QED) is 0.627. The minimum absolute atomic E-state index is 0.0837. The molecule has 162 valence electrons. The molecule has 1 aliphatic rings. The van der Waals surface area contributed by atoms with Crippen LogP contribution >= 0.6 is 0 Å². The van der Waals surface area contributed by atoms with Gasteiger partial charge in [-0.2, -0.15) is 0 Å². The third-order valence-corrected chi connectivity index (χ3v) is 5.66. The standard InChI is InChI=1S/C26H25N3O3/c1-17-11-13-20(14-12-17)29-16-19(15-24(29)30)25(31)28-23-10-6-4-8-21(23)26(32)27-22-9-5-3-7-18(22)2/h3-14,19H,15-16H2,1-2H3,(H,27,32)(H,28,31). The molecule has 0 bridgehead atoms. The number of hydrogen-bond donors (Lipinski definition) is 2. The number of aryl methyl sites for hydroxylation is 2. The van der Waals surface area contributed by atoms with Crippen LogP contribution in [0.15, 0.2) is 72.8 Å². The molecule has 2 N–H and O–H groups in total. The lowest BCUT2D eigenvalue weighted by molar-refractivity contribution is -0.122. The fourth-order valence-electron chi connectivity index (χ4n) is 3.79. The summed E-state index contributed by atoms with van der Waals surface area (Å²) in [7, 11) is 0. The lowest BCUT2D eigenvalue weighted by atomic mass is 10.1. The predicted molar refractivity (Wildman–Crippen MR) is 126 cm³/mol. The van der Waals surface area contributed by atoms with E-state index >= 15 is 0 Å². The zero-order valence-corrected chi connectivity index (χ0v) is 18.1. The van der Waals surface area contributed by atoms with E-state index in [1.54, 1.807) is 29.2 Å². The van der Waals surface area contributed by atoms with Crippen molar-refractivity contribution in [2.24, 2.45) is 5.92 Å². The Bertz CT molecular complexity index is 1170. The molecule has 1 aliphatic heterocycles. The number of nitrogens with one attached hydrogen (secondary N) is 2. The molecule has 0 spiro atoms. The molecule has 3 amide bonds. The van der Waals surface area contributed by atoms with E-state index in [-0.39, 0.29) is 24.1 Å². The van der Waals surface area contributed by atoms with Gasteiger partial charge in [0.1, 0.15) is 0 Å². The Morgan fingerprint density at radius 2 is 1.50 bits per heavy atom. The molecule has 0 radical (unpaired) electrons. The summed E-state index contributed by atoms with van der Waals surface area (Å²) >= 11 is 0. The van der Waals surface area contributed by atoms with Crippen LogP contribution in [0.1, 0.15) is 27.9 Å². The average Bonchev–Trinajstić information content (AvgIpc) is 3.18. The number of rotatable bonds is 5. The van der Waals surface area contributed by atoms with Crippen molar-refractivity contribution in [1.29, 1.82) is 0 Å². The molecule has 3 aromatic carbocycles. The fourth-order valence-corrected chi connectivity index (χ4v) is 3.79. The largest absolute Gasteiger partial charge is 0.325 e. The average molecular weight is 428 g/mol. The molecule has 1 heterocycles. The summed E-state index contributed by atoms with van der Waals surface area (Å²) in [6.45, 7) is 4.21. The van der Waals surface area contributed by atoms with Crippen molar-refractivity contribution in [2.75, 3.05) is 22.1 Å². The van der Waals surface area contributed by atoms with E-state index in [2.05, 4.69) is 10.6 Å². The Kier molecular flexibility index (Phi) is 6.03. The van der Waals surface area contributed by atoms with Crippen molar-refractivity contribution in [2.45, 2.75) is 20.3 Å². The summed E-state index contributed by atoms with van der Waals surface area (Å²) in [6.07, 6.45) is 0.136. The minimum Gasteiger partial charge on any atom is -0.325 e. The summed E-state index contributed by atoms with van der Waals surface area (Å²) in [5.41, 5.74) is 4.34. The number of amides is 3. The van der Waals surface area contributed by atoms with Gasteiger partial charge < -0.3 is 15.5 Å². The van der Waals surface area contributed by atoms with Gasteiger partial charge in [0.05, 0.1) is 17.2 Å². The van der Waals surface area contributed by atoms with E-state index in [0.29, 0.717) is 23.5 Å². The smallest absolute Gasteiger partial charge is 0.257 e. The first-order valence-corrected chi connectivity index (χ1v) is 10.6. The lowest BCUT2D eigenvalue weighted by Gasteiger charge is -2.17. The van der Waals surface area contributed by atoms with Crippen LogP contribution in [0, 0.1) is 19.8 Å². The second-order valence-electron chi connectivity index (χ2n) is 8.04. The van der Waals surface area contributed by atoms with Crippen molar-refractivity contribution in [3.63, 3.8) is 0 Å². The van der Waals surface area contributed by atoms with Gasteiger partial charge in [-0.1, -0.05) is 48.0 Å². The first kappa shape index (κ1) is 21.3.